The van der Waals surface area contributed by atoms with Gasteiger partial charge in [-0.15, -0.1) is 11.6 Å². The maximum absolute atomic E-state index is 10.1. The van der Waals surface area contributed by atoms with Crippen molar-refractivity contribution < 1.29 is 12.9 Å². The van der Waals surface area contributed by atoms with E-state index in [1.165, 1.54) is 0 Å². The Morgan fingerprint density at radius 1 is 1.70 bits per heavy atom. The van der Waals surface area contributed by atoms with E-state index >= 15 is 0 Å². The molecule has 0 aromatic rings. The van der Waals surface area contributed by atoms with Crippen molar-refractivity contribution in [3.05, 3.63) is 0 Å². The summed E-state index contributed by atoms with van der Waals surface area (Å²) in [4.78, 5) is 0. The molecule has 0 aromatic heterocycles. The molecule has 3 nitrogen and oxygen atoms in total. The molecule has 0 spiro atoms. The van der Waals surface area contributed by atoms with Gasteiger partial charge in [-0.05, 0) is 19.3 Å². The minimum atomic E-state index is -2.38. The normalized spacial score (nSPS) is 24.2. The van der Waals surface area contributed by atoms with Crippen LogP contribution in [0.3, 0.4) is 0 Å². The van der Waals surface area contributed by atoms with Crippen LogP contribution in [0.4, 0.5) is 0 Å². The van der Waals surface area contributed by atoms with Gasteiger partial charge < -0.3 is 4.55 Å². The number of alkyl halides is 1. The summed E-state index contributed by atoms with van der Waals surface area (Å²) in [6.45, 7) is 0. The van der Waals surface area contributed by atoms with Crippen LogP contribution in [0.1, 0.15) is 19.3 Å². The molecule has 0 aromatic carbocycles. The molecule has 0 N–H and O–H groups in total. The van der Waals surface area contributed by atoms with E-state index in [9.17, 15) is 8.76 Å². The third kappa shape index (κ3) is 2.20. The summed E-state index contributed by atoms with van der Waals surface area (Å²) < 4.78 is 24.8. The van der Waals surface area contributed by atoms with Gasteiger partial charge in [-0.2, -0.15) is 0 Å². The second-order valence-electron chi connectivity index (χ2n) is 2.41. The summed E-state index contributed by atoms with van der Waals surface area (Å²) in [6.07, 6.45) is 2.25. The van der Waals surface area contributed by atoms with Gasteiger partial charge >= 0.3 is 0 Å². The Balaban J connectivity index is 2.30. The number of halogens is 1. The van der Waals surface area contributed by atoms with Gasteiger partial charge in [0.1, 0.15) is 0 Å². The molecule has 10 heavy (non-hydrogen) atoms. The van der Waals surface area contributed by atoms with Gasteiger partial charge in [-0.1, -0.05) is 0 Å². The lowest BCUT2D eigenvalue weighted by molar-refractivity contribution is 0.176. The second kappa shape index (κ2) is 3.17. The Labute approximate surface area is 67.2 Å². The molecular weight excluding hydrogens is 176 g/mol. The number of hydrogen-bond acceptors (Lipinski definition) is 3. The molecule has 0 bridgehead atoms. The monoisotopic (exact) mass is 183 g/mol. The van der Waals surface area contributed by atoms with Crippen LogP contribution in [0.15, 0.2) is 0 Å². The molecule has 1 saturated carbocycles. The van der Waals surface area contributed by atoms with Crippen LogP contribution in [0, 0.1) is 0 Å². The minimum absolute atomic E-state index is 0.422. The number of hydrogen-bond donors (Lipinski definition) is 0. The van der Waals surface area contributed by atoms with Crippen molar-refractivity contribution in [2.24, 2.45) is 0 Å². The maximum atomic E-state index is 10.1. The predicted molar refractivity (Wildman–Crippen MR) is 37.3 cm³/mol. The molecule has 0 amide bonds. The quantitative estimate of drug-likeness (QED) is 0.482. The highest BCUT2D eigenvalue weighted by Crippen LogP contribution is 2.43. The Bertz CT molecular complexity index is 146. The van der Waals surface area contributed by atoms with Gasteiger partial charge in [0.15, 0.2) is 0 Å². The Morgan fingerprint density at radius 2 is 2.30 bits per heavy atom. The van der Waals surface area contributed by atoms with E-state index < -0.39 is 17.0 Å². The van der Waals surface area contributed by atoms with Crippen LogP contribution in [0.5, 0.6) is 0 Å². The minimum Gasteiger partial charge on any atom is -0.750 e. The smallest absolute Gasteiger partial charge is 0.0857 e. The first-order valence-electron chi connectivity index (χ1n) is 3.03. The van der Waals surface area contributed by atoms with E-state index in [1.54, 1.807) is 0 Å². The van der Waals surface area contributed by atoms with E-state index in [0.717, 1.165) is 12.8 Å². The molecule has 0 aliphatic heterocycles. The first-order chi connectivity index (χ1) is 4.68. The van der Waals surface area contributed by atoms with Crippen LogP contribution >= 0.6 is 11.6 Å². The summed E-state index contributed by atoms with van der Waals surface area (Å²) in [5.74, 6) is 0.456. The van der Waals surface area contributed by atoms with E-state index in [-0.39, 0.29) is 0 Å². The van der Waals surface area contributed by atoms with Gasteiger partial charge in [0.05, 0.1) is 17.0 Å². The lowest BCUT2D eigenvalue weighted by Crippen LogP contribution is -2.15. The van der Waals surface area contributed by atoms with E-state index in [2.05, 4.69) is 4.18 Å². The first kappa shape index (κ1) is 8.46. The zero-order valence-electron chi connectivity index (χ0n) is 5.34. The highest BCUT2D eigenvalue weighted by Gasteiger charge is 2.44. The standard InChI is InChI=1S/C5H9ClO3S/c6-4-3-5(1-2-5)9-10(7)8/h1-4H2,(H,7,8)/p-1. The summed E-state index contributed by atoms with van der Waals surface area (Å²) in [7, 11) is 0. The Kier molecular flexibility index (Phi) is 2.68. The van der Waals surface area contributed by atoms with Gasteiger partial charge in [-0.25, -0.2) is 4.21 Å². The largest absolute Gasteiger partial charge is 0.750 e. The summed E-state index contributed by atoms with van der Waals surface area (Å²) in [5.41, 5.74) is -0.422. The molecule has 1 rings (SSSR count). The zero-order chi connectivity index (χ0) is 7.61. The van der Waals surface area contributed by atoms with Crippen molar-refractivity contribution in [1.29, 1.82) is 0 Å². The van der Waals surface area contributed by atoms with Crippen molar-refractivity contribution in [2.75, 3.05) is 5.88 Å². The van der Waals surface area contributed by atoms with Crippen molar-refractivity contribution >= 4 is 23.0 Å². The fourth-order valence-electron chi connectivity index (χ4n) is 0.831. The molecule has 1 aliphatic carbocycles. The summed E-state index contributed by atoms with van der Waals surface area (Å²) >= 11 is 3.05. The van der Waals surface area contributed by atoms with Gasteiger partial charge in [0.25, 0.3) is 0 Å². The Morgan fingerprint density at radius 3 is 2.60 bits per heavy atom. The SMILES string of the molecule is O=S([O-])OC1(CCCl)CC1. The van der Waals surface area contributed by atoms with Gasteiger partial charge in [0, 0.05) is 5.88 Å². The molecule has 1 unspecified atom stereocenters. The van der Waals surface area contributed by atoms with E-state index in [0.29, 0.717) is 12.3 Å². The molecule has 1 aliphatic rings. The lowest BCUT2D eigenvalue weighted by Gasteiger charge is -2.15. The van der Waals surface area contributed by atoms with E-state index in [4.69, 9.17) is 11.6 Å². The third-order valence-corrected chi connectivity index (χ3v) is 2.28. The number of rotatable bonds is 4. The van der Waals surface area contributed by atoms with Crippen LogP contribution in [-0.4, -0.2) is 20.2 Å². The highest BCUT2D eigenvalue weighted by atomic mass is 35.5. The van der Waals surface area contributed by atoms with Crippen molar-refractivity contribution in [3.8, 4) is 0 Å². The lowest BCUT2D eigenvalue weighted by atomic mass is 10.3. The molecular formula is C5H8ClO3S-. The zero-order valence-corrected chi connectivity index (χ0v) is 6.91. The topological polar surface area (TPSA) is 49.4 Å². The molecule has 5 heteroatoms. The van der Waals surface area contributed by atoms with Crippen LogP contribution in [-0.2, 0) is 15.5 Å². The first-order valence-corrected chi connectivity index (χ1v) is 4.57. The molecule has 1 atom stereocenters. The maximum Gasteiger partial charge on any atom is 0.0857 e. The molecule has 0 radical (unpaired) electrons. The molecule has 60 valence electrons. The van der Waals surface area contributed by atoms with Crippen LogP contribution in [0.25, 0.3) is 0 Å². The average Bonchev–Trinajstić information content (AvgIpc) is 2.47. The summed E-state index contributed by atoms with van der Waals surface area (Å²) in [5, 5.41) is 0. The average molecular weight is 184 g/mol. The van der Waals surface area contributed by atoms with Crippen molar-refractivity contribution in [1.82, 2.24) is 0 Å². The van der Waals surface area contributed by atoms with E-state index in [1.807, 2.05) is 0 Å². The third-order valence-electron chi connectivity index (χ3n) is 1.60. The predicted octanol–water partition coefficient (Wildman–Crippen LogP) is 0.959. The molecule has 0 heterocycles. The second-order valence-corrected chi connectivity index (χ2v) is 3.36. The highest BCUT2D eigenvalue weighted by molar-refractivity contribution is 7.74. The fraction of sp³-hybridized carbons (Fsp3) is 1.00. The van der Waals surface area contributed by atoms with Crippen LogP contribution in [0.2, 0.25) is 0 Å². The fourth-order valence-corrected chi connectivity index (χ4v) is 1.71. The van der Waals surface area contributed by atoms with Crippen LogP contribution < -0.4 is 0 Å². The van der Waals surface area contributed by atoms with Crippen molar-refractivity contribution in [3.63, 3.8) is 0 Å². The molecule has 0 saturated heterocycles. The van der Waals surface area contributed by atoms with Crippen molar-refractivity contribution in [2.45, 2.75) is 24.9 Å². The molecule has 1 fully saturated rings. The summed E-state index contributed by atoms with van der Waals surface area (Å²) in [6, 6.07) is 0. The Hall–Kier alpha value is 0.360. The van der Waals surface area contributed by atoms with Gasteiger partial charge in [-0.3, -0.25) is 4.18 Å². The van der Waals surface area contributed by atoms with Gasteiger partial charge in [0.2, 0.25) is 0 Å².